The predicted molar refractivity (Wildman–Crippen MR) is 83.0 cm³/mol. The molecule has 0 amide bonds. The van der Waals surface area contributed by atoms with E-state index >= 15 is 0 Å². The van der Waals surface area contributed by atoms with Gasteiger partial charge in [0.15, 0.2) is 0 Å². The van der Waals surface area contributed by atoms with Crippen molar-refractivity contribution in [3.63, 3.8) is 0 Å². The Balaban J connectivity index is 3.08. The maximum atomic E-state index is 6.33. The van der Waals surface area contributed by atoms with Crippen LogP contribution in [0.2, 0.25) is 0 Å². The minimum atomic E-state index is -0.0657. The van der Waals surface area contributed by atoms with Crippen LogP contribution in [0.5, 0.6) is 0 Å². The molecule has 1 heterocycles. The minimum Gasteiger partial charge on any atom is -0.292 e. The van der Waals surface area contributed by atoms with Crippen molar-refractivity contribution in [2.75, 3.05) is 7.05 Å². The van der Waals surface area contributed by atoms with Crippen molar-refractivity contribution in [2.45, 2.75) is 86.3 Å². The van der Waals surface area contributed by atoms with E-state index in [-0.39, 0.29) is 16.6 Å². The first-order chi connectivity index (χ1) is 8.17. The zero-order chi connectivity index (χ0) is 15.3. The molecule has 0 N–H and O–H groups in total. The van der Waals surface area contributed by atoms with Gasteiger partial charge in [-0.25, -0.2) is 0 Å². The standard InChI is InChI=1S/C17H35NO/c1-14(2,3)11-13-16(7,8)18(10)19-17(13,9)12-15(4,5)6/h13H,11-12H2,1-10H3. The molecular weight excluding hydrogens is 234 g/mol. The predicted octanol–water partition coefficient (Wildman–Crippen LogP) is 4.89. The molecule has 0 aromatic carbocycles. The fourth-order valence-corrected chi connectivity index (χ4v) is 3.75. The molecule has 1 saturated heterocycles. The summed E-state index contributed by atoms with van der Waals surface area (Å²) >= 11 is 0. The smallest absolute Gasteiger partial charge is 0.0923 e. The lowest BCUT2D eigenvalue weighted by atomic mass is 9.65. The van der Waals surface area contributed by atoms with E-state index in [4.69, 9.17) is 4.84 Å². The lowest BCUT2D eigenvalue weighted by Gasteiger charge is -2.41. The summed E-state index contributed by atoms with van der Waals surface area (Å²) < 4.78 is 0. The van der Waals surface area contributed by atoms with E-state index in [1.165, 1.54) is 6.42 Å². The summed E-state index contributed by atoms with van der Waals surface area (Å²) in [6.45, 7) is 20.9. The molecule has 1 rings (SSSR count). The Morgan fingerprint density at radius 2 is 1.42 bits per heavy atom. The van der Waals surface area contributed by atoms with E-state index in [1.807, 2.05) is 0 Å². The Kier molecular flexibility index (Phi) is 4.23. The summed E-state index contributed by atoms with van der Waals surface area (Å²) in [5.74, 6) is 0.546. The van der Waals surface area contributed by atoms with Crippen LogP contribution in [0.3, 0.4) is 0 Å². The molecule has 0 spiro atoms. The highest BCUT2D eigenvalue weighted by atomic mass is 16.7. The number of rotatable bonds is 2. The van der Waals surface area contributed by atoms with Crippen molar-refractivity contribution in [3.05, 3.63) is 0 Å². The first kappa shape index (κ1) is 17.0. The van der Waals surface area contributed by atoms with Gasteiger partial charge >= 0.3 is 0 Å². The Bertz CT molecular complexity index is 321. The largest absolute Gasteiger partial charge is 0.292 e. The second kappa shape index (κ2) is 4.73. The molecule has 2 heteroatoms. The molecule has 0 radical (unpaired) electrons. The molecular formula is C17H35NO. The van der Waals surface area contributed by atoms with Crippen LogP contribution in [0, 0.1) is 16.7 Å². The molecule has 0 aromatic heterocycles. The monoisotopic (exact) mass is 269 g/mol. The van der Waals surface area contributed by atoms with Crippen LogP contribution in [0.4, 0.5) is 0 Å². The minimum absolute atomic E-state index is 0.0657. The van der Waals surface area contributed by atoms with Crippen LogP contribution < -0.4 is 0 Å². The van der Waals surface area contributed by atoms with Gasteiger partial charge in [0.05, 0.1) is 5.60 Å². The van der Waals surface area contributed by atoms with E-state index in [1.54, 1.807) is 0 Å². The third kappa shape index (κ3) is 3.95. The zero-order valence-corrected chi connectivity index (χ0v) is 14.8. The van der Waals surface area contributed by atoms with Crippen molar-refractivity contribution in [1.82, 2.24) is 5.06 Å². The summed E-state index contributed by atoms with van der Waals surface area (Å²) in [4.78, 5) is 6.33. The maximum Gasteiger partial charge on any atom is 0.0923 e. The molecule has 1 aliphatic heterocycles. The van der Waals surface area contributed by atoms with Crippen LogP contribution in [-0.2, 0) is 4.84 Å². The summed E-state index contributed by atoms with van der Waals surface area (Å²) in [6.07, 6.45) is 2.28. The third-order valence-corrected chi connectivity index (χ3v) is 4.44. The molecule has 2 atom stereocenters. The van der Waals surface area contributed by atoms with Gasteiger partial charge in [0, 0.05) is 18.5 Å². The normalized spacial score (nSPS) is 32.8. The Morgan fingerprint density at radius 3 is 1.79 bits per heavy atom. The highest BCUT2D eigenvalue weighted by Gasteiger charge is 2.56. The van der Waals surface area contributed by atoms with Crippen molar-refractivity contribution in [3.8, 4) is 0 Å². The van der Waals surface area contributed by atoms with Crippen LogP contribution in [0.25, 0.3) is 0 Å². The van der Waals surface area contributed by atoms with Crippen LogP contribution in [0.15, 0.2) is 0 Å². The van der Waals surface area contributed by atoms with Gasteiger partial charge in [-0.2, -0.15) is 5.06 Å². The Hall–Kier alpha value is -0.0800. The molecule has 1 aliphatic rings. The van der Waals surface area contributed by atoms with Gasteiger partial charge in [-0.1, -0.05) is 41.5 Å². The number of hydrogen-bond acceptors (Lipinski definition) is 2. The van der Waals surface area contributed by atoms with E-state index in [0.717, 1.165) is 6.42 Å². The molecule has 0 aromatic rings. The van der Waals surface area contributed by atoms with E-state index < -0.39 is 0 Å². The topological polar surface area (TPSA) is 12.5 Å². The van der Waals surface area contributed by atoms with Gasteiger partial charge in [-0.05, 0) is 44.4 Å². The average Bonchev–Trinajstić information content (AvgIpc) is 2.21. The Morgan fingerprint density at radius 1 is 0.947 bits per heavy atom. The van der Waals surface area contributed by atoms with Gasteiger partial charge in [0.2, 0.25) is 0 Å². The quantitative estimate of drug-likeness (QED) is 0.707. The summed E-state index contributed by atoms with van der Waals surface area (Å²) in [7, 11) is 2.09. The Labute approximate surface area is 120 Å². The van der Waals surface area contributed by atoms with E-state index in [0.29, 0.717) is 11.3 Å². The van der Waals surface area contributed by atoms with E-state index in [2.05, 4.69) is 74.4 Å². The van der Waals surface area contributed by atoms with Crippen molar-refractivity contribution >= 4 is 0 Å². The highest BCUT2D eigenvalue weighted by molar-refractivity contribution is 5.04. The van der Waals surface area contributed by atoms with Gasteiger partial charge in [-0.3, -0.25) is 4.84 Å². The number of nitrogens with zero attached hydrogens (tertiary/aromatic N) is 1. The molecule has 0 saturated carbocycles. The summed E-state index contributed by atoms with van der Waals surface area (Å²) in [5, 5.41) is 2.09. The molecule has 2 nitrogen and oxygen atoms in total. The second-order valence-corrected chi connectivity index (χ2v) is 9.61. The first-order valence-electron chi connectivity index (χ1n) is 7.60. The fourth-order valence-electron chi connectivity index (χ4n) is 3.75. The fraction of sp³-hybridized carbons (Fsp3) is 1.00. The second-order valence-electron chi connectivity index (χ2n) is 9.61. The first-order valence-corrected chi connectivity index (χ1v) is 7.60. The summed E-state index contributed by atoms with van der Waals surface area (Å²) in [6, 6.07) is 0. The van der Waals surface area contributed by atoms with E-state index in [9.17, 15) is 0 Å². The summed E-state index contributed by atoms with van der Waals surface area (Å²) in [5.41, 5.74) is 0.638. The lowest BCUT2D eigenvalue weighted by Crippen LogP contribution is -2.45. The molecule has 1 fully saturated rings. The van der Waals surface area contributed by atoms with Gasteiger partial charge in [-0.15, -0.1) is 0 Å². The van der Waals surface area contributed by atoms with Gasteiger partial charge in [0.1, 0.15) is 0 Å². The molecule has 0 bridgehead atoms. The average molecular weight is 269 g/mol. The number of hydroxylamine groups is 2. The molecule has 0 aliphatic carbocycles. The van der Waals surface area contributed by atoms with Gasteiger partial charge < -0.3 is 0 Å². The molecule has 19 heavy (non-hydrogen) atoms. The van der Waals surface area contributed by atoms with Crippen LogP contribution in [0.1, 0.15) is 75.2 Å². The SMILES string of the molecule is CN1OC(C)(CC(C)(C)C)C(CC(C)(C)C)C1(C)C. The van der Waals surface area contributed by atoms with Crippen molar-refractivity contribution in [2.24, 2.45) is 16.7 Å². The third-order valence-electron chi connectivity index (χ3n) is 4.44. The van der Waals surface area contributed by atoms with Crippen LogP contribution in [-0.4, -0.2) is 23.3 Å². The number of hydrogen-bond donors (Lipinski definition) is 0. The maximum absolute atomic E-state index is 6.33. The lowest BCUT2D eigenvalue weighted by molar-refractivity contribution is -0.205. The highest BCUT2D eigenvalue weighted by Crippen LogP contribution is 2.51. The molecule has 114 valence electrons. The van der Waals surface area contributed by atoms with Crippen molar-refractivity contribution in [1.29, 1.82) is 0 Å². The molecule has 2 unspecified atom stereocenters. The van der Waals surface area contributed by atoms with Crippen LogP contribution >= 0.6 is 0 Å². The zero-order valence-electron chi connectivity index (χ0n) is 14.8. The van der Waals surface area contributed by atoms with Crippen molar-refractivity contribution < 1.29 is 4.84 Å². The van der Waals surface area contributed by atoms with Gasteiger partial charge in [0.25, 0.3) is 0 Å².